The summed E-state index contributed by atoms with van der Waals surface area (Å²) in [5.74, 6) is -0.984. The van der Waals surface area contributed by atoms with Gasteiger partial charge in [-0.2, -0.15) is 5.26 Å². The van der Waals surface area contributed by atoms with Crippen LogP contribution in [0, 0.1) is 17.1 Å². The molecular formula is C24H19ClFN3O3S. The molecule has 3 aromatic carbocycles. The summed E-state index contributed by atoms with van der Waals surface area (Å²) >= 11 is 5.68. The fraction of sp³-hybridized carbons (Fsp3) is 0.0833. The van der Waals surface area contributed by atoms with Crippen molar-refractivity contribution in [2.45, 2.75) is 11.4 Å². The summed E-state index contributed by atoms with van der Waals surface area (Å²) in [5, 5.41) is 8.62. The van der Waals surface area contributed by atoms with Gasteiger partial charge in [0.05, 0.1) is 21.6 Å². The highest BCUT2D eigenvalue weighted by molar-refractivity contribution is 7.92. The van der Waals surface area contributed by atoms with E-state index in [2.05, 4.69) is 11.3 Å². The predicted molar refractivity (Wildman–Crippen MR) is 125 cm³/mol. The Hall–Kier alpha value is -3.67. The van der Waals surface area contributed by atoms with Crippen LogP contribution < -0.4 is 4.72 Å². The van der Waals surface area contributed by atoms with Gasteiger partial charge in [0.1, 0.15) is 5.82 Å². The first-order chi connectivity index (χ1) is 15.7. The van der Waals surface area contributed by atoms with Crippen LogP contribution in [0.25, 0.3) is 0 Å². The van der Waals surface area contributed by atoms with Gasteiger partial charge in [-0.3, -0.25) is 9.52 Å². The average Bonchev–Trinajstić information content (AvgIpc) is 2.81. The van der Waals surface area contributed by atoms with Crippen LogP contribution in [0.1, 0.15) is 21.5 Å². The molecule has 33 heavy (non-hydrogen) atoms. The van der Waals surface area contributed by atoms with Gasteiger partial charge < -0.3 is 4.90 Å². The summed E-state index contributed by atoms with van der Waals surface area (Å²) in [5.41, 5.74) is 1.97. The summed E-state index contributed by atoms with van der Waals surface area (Å²) in [4.78, 5) is 14.4. The molecule has 0 bridgehead atoms. The molecule has 1 amide bonds. The topological polar surface area (TPSA) is 90.3 Å². The van der Waals surface area contributed by atoms with Gasteiger partial charge in [0, 0.05) is 24.3 Å². The number of benzene rings is 3. The molecule has 0 radical (unpaired) electrons. The first-order valence-electron chi connectivity index (χ1n) is 9.70. The Morgan fingerprint density at radius 3 is 2.36 bits per heavy atom. The molecule has 0 heterocycles. The van der Waals surface area contributed by atoms with Gasteiger partial charge in [-0.15, -0.1) is 6.58 Å². The van der Waals surface area contributed by atoms with Crippen LogP contribution in [-0.2, 0) is 16.6 Å². The smallest absolute Gasteiger partial charge is 0.261 e. The van der Waals surface area contributed by atoms with Crippen LogP contribution in [0.4, 0.5) is 10.1 Å². The van der Waals surface area contributed by atoms with Gasteiger partial charge >= 0.3 is 0 Å². The first-order valence-corrected chi connectivity index (χ1v) is 11.6. The number of carbonyl (C=O) groups excluding carboxylic acids is 1. The van der Waals surface area contributed by atoms with Crippen molar-refractivity contribution in [2.75, 3.05) is 11.3 Å². The monoisotopic (exact) mass is 483 g/mol. The Morgan fingerprint density at radius 2 is 1.79 bits per heavy atom. The van der Waals surface area contributed by atoms with Crippen LogP contribution in [-0.4, -0.2) is 25.8 Å². The maximum Gasteiger partial charge on any atom is 0.261 e. The molecule has 0 aromatic heterocycles. The molecule has 0 saturated carbocycles. The SMILES string of the molecule is C=CCN(Cc1ccc(C#N)cc1)C(=O)c1ccc(NS(=O)(=O)c2ccc(F)c(Cl)c2)cc1. The number of hydrogen-bond acceptors (Lipinski definition) is 4. The molecule has 0 aliphatic rings. The number of nitrogens with zero attached hydrogens (tertiary/aromatic N) is 2. The molecule has 0 atom stereocenters. The maximum atomic E-state index is 13.3. The van der Waals surface area contributed by atoms with E-state index < -0.39 is 15.8 Å². The van der Waals surface area contributed by atoms with E-state index >= 15 is 0 Å². The van der Waals surface area contributed by atoms with Crippen molar-refractivity contribution in [3.8, 4) is 6.07 Å². The maximum absolute atomic E-state index is 13.3. The Kier molecular flexibility index (Phi) is 7.48. The number of rotatable bonds is 8. The van der Waals surface area contributed by atoms with Crippen LogP contribution >= 0.6 is 11.6 Å². The number of hydrogen-bond donors (Lipinski definition) is 1. The van der Waals surface area contributed by atoms with Gasteiger partial charge in [0.2, 0.25) is 0 Å². The van der Waals surface area contributed by atoms with Crippen molar-refractivity contribution in [3.05, 3.63) is 107 Å². The van der Waals surface area contributed by atoms with E-state index in [1.165, 1.54) is 24.3 Å². The van der Waals surface area contributed by atoms with Crippen molar-refractivity contribution >= 4 is 33.2 Å². The highest BCUT2D eigenvalue weighted by Crippen LogP contribution is 2.22. The Bertz CT molecular complexity index is 1320. The summed E-state index contributed by atoms with van der Waals surface area (Å²) in [6.45, 7) is 4.31. The minimum absolute atomic E-state index is 0.186. The van der Waals surface area contributed by atoms with Crippen molar-refractivity contribution in [2.24, 2.45) is 0 Å². The number of halogens is 2. The molecule has 0 aliphatic heterocycles. The zero-order valence-corrected chi connectivity index (χ0v) is 18.9. The minimum atomic E-state index is -3.99. The van der Waals surface area contributed by atoms with Crippen molar-refractivity contribution in [1.82, 2.24) is 4.90 Å². The second-order valence-corrected chi connectivity index (χ2v) is 9.13. The molecule has 168 valence electrons. The molecule has 3 aromatic rings. The zero-order valence-electron chi connectivity index (χ0n) is 17.3. The third-order valence-corrected chi connectivity index (χ3v) is 6.35. The van der Waals surface area contributed by atoms with Gasteiger partial charge in [0.15, 0.2) is 0 Å². The highest BCUT2D eigenvalue weighted by atomic mass is 35.5. The number of nitrogens with one attached hydrogen (secondary N) is 1. The van der Waals surface area contributed by atoms with E-state index in [4.69, 9.17) is 16.9 Å². The second kappa shape index (κ2) is 10.3. The lowest BCUT2D eigenvalue weighted by atomic mass is 10.1. The van der Waals surface area contributed by atoms with E-state index in [-0.39, 0.29) is 21.5 Å². The third-order valence-electron chi connectivity index (χ3n) is 4.68. The zero-order chi connectivity index (χ0) is 24.0. The van der Waals surface area contributed by atoms with Crippen LogP contribution in [0.15, 0.2) is 84.3 Å². The van der Waals surface area contributed by atoms with Crippen LogP contribution in [0.3, 0.4) is 0 Å². The minimum Gasteiger partial charge on any atom is -0.331 e. The molecule has 0 spiro atoms. The third kappa shape index (κ3) is 5.98. The van der Waals surface area contributed by atoms with E-state index in [0.29, 0.717) is 24.2 Å². The molecule has 6 nitrogen and oxygen atoms in total. The number of amides is 1. The first kappa shape index (κ1) is 24.0. The molecule has 9 heteroatoms. The van der Waals surface area contributed by atoms with E-state index in [1.54, 1.807) is 35.2 Å². The quantitative estimate of drug-likeness (QED) is 0.457. The van der Waals surface area contributed by atoms with E-state index in [0.717, 1.165) is 23.8 Å². The summed E-state index contributed by atoms with van der Waals surface area (Å²) in [6, 6.07) is 18.0. The Labute approximate surface area is 196 Å². The fourth-order valence-electron chi connectivity index (χ4n) is 3.00. The fourth-order valence-corrected chi connectivity index (χ4v) is 4.33. The van der Waals surface area contributed by atoms with Crippen LogP contribution in [0.2, 0.25) is 5.02 Å². The van der Waals surface area contributed by atoms with E-state index in [9.17, 15) is 17.6 Å². The van der Waals surface area contributed by atoms with Gasteiger partial charge in [-0.1, -0.05) is 29.8 Å². The van der Waals surface area contributed by atoms with Crippen LogP contribution in [0.5, 0.6) is 0 Å². The van der Waals surface area contributed by atoms with Gasteiger partial charge in [-0.05, 0) is 60.2 Å². The lowest BCUT2D eigenvalue weighted by Gasteiger charge is -2.21. The molecule has 1 N–H and O–H groups in total. The predicted octanol–water partition coefficient (Wildman–Crippen LogP) is 4.98. The highest BCUT2D eigenvalue weighted by Gasteiger charge is 2.18. The molecule has 3 rings (SSSR count). The van der Waals surface area contributed by atoms with E-state index in [1.807, 2.05) is 6.07 Å². The largest absolute Gasteiger partial charge is 0.331 e. The Morgan fingerprint density at radius 1 is 1.12 bits per heavy atom. The summed E-state index contributed by atoms with van der Waals surface area (Å²) in [6.07, 6.45) is 1.61. The van der Waals surface area contributed by atoms with Crippen molar-refractivity contribution in [1.29, 1.82) is 5.26 Å². The number of nitriles is 1. The number of carbonyl (C=O) groups is 1. The lowest BCUT2D eigenvalue weighted by molar-refractivity contribution is 0.0762. The normalized spacial score (nSPS) is 10.8. The molecular weight excluding hydrogens is 465 g/mol. The van der Waals surface area contributed by atoms with Crippen molar-refractivity contribution in [3.63, 3.8) is 0 Å². The summed E-state index contributed by atoms with van der Waals surface area (Å²) < 4.78 is 40.8. The molecule has 0 unspecified atom stereocenters. The van der Waals surface area contributed by atoms with Gasteiger partial charge in [0.25, 0.3) is 15.9 Å². The summed E-state index contributed by atoms with van der Waals surface area (Å²) in [7, 11) is -3.99. The molecule has 0 aliphatic carbocycles. The van der Waals surface area contributed by atoms with Gasteiger partial charge in [-0.25, -0.2) is 12.8 Å². The molecule has 0 saturated heterocycles. The number of anilines is 1. The molecule has 0 fully saturated rings. The average molecular weight is 484 g/mol. The number of sulfonamides is 1. The Balaban J connectivity index is 1.75. The van der Waals surface area contributed by atoms with Crippen molar-refractivity contribution < 1.29 is 17.6 Å². The second-order valence-electron chi connectivity index (χ2n) is 7.04. The standard InChI is InChI=1S/C24H19ClFN3O3S/c1-2-13-29(16-18-5-3-17(15-27)4-6-18)24(30)19-7-9-20(10-8-19)28-33(31,32)21-11-12-23(26)22(25)14-21/h2-12,14,28H,1,13,16H2. The lowest BCUT2D eigenvalue weighted by Crippen LogP contribution is -2.30.